The second-order valence-electron chi connectivity index (χ2n) is 6.29. The predicted octanol–water partition coefficient (Wildman–Crippen LogP) is 1.81. The molecule has 0 spiro atoms. The predicted molar refractivity (Wildman–Crippen MR) is 81.8 cm³/mol. The standard InChI is InChI=1S/C17H26N2O/c20-13-16(11-14-5-2-1-3-6-14)18-15-8-10-19-9-4-7-17(19)12-15/h1-3,5-6,15-18,20H,4,7-13H2/t15?,16-,17?/m1/s1. The van der Waals surface area contributed by atoms with Gasteiger partial charge < -0.3 is 15.3 Å². The van der Waals surface area contributed by atoms with Crippen molar-refractivity contribution < 1.29 is 5.11 Å². The lowest BCUT2D eigenvalue weighted by Gasteiger charge is -2.36. The summed E-state index contributed by atoms with van der Waals surface area (Å²) in [7, 11) is 0. The molecule has 3 heteroatoms. The summed E-state index contributed by atoms with van der Waals surface area (Å²) in [6, 6.07) is 12.0. The Labute approximate surface area is 122 Å². The smallest absolute Gasteiger partial charge is 0.0587 e. The highest BCUT2D eigenvalue weighted by Gasteiger charge is 2.32. The Hall–Kier alpha value is -0.900. The number of aliphatic hydroxyl groups excluding tert-OH is 1. The maximum absolute atomic E-state index is 9.63. The van der Waals surface area contributed by atoms with E-state index in [1.165, 1.54) is 44.3 Å². The van der Waals surface area contributed by atoms with Crippen LogP contribution in [0.1, 0.15) is 31.2 Å². The van der Waals surface area contributed by atoms with E-state index in [0.717, 1.165) is 12.5 Å². The van der Waals surface area contributed by atoms with Gasteiger partial charge in [0.05, 0.1) is 6.61 Å². The Kier molecular flexibility index (Phi) is 4.71. The number of benzene rings is 1. The zero-order valence-corrected chi connectivity index (χ0v) is 12.2. The topological polar surface area (TPSA) is 35.5 Å². The molecule has 0 aromatic heterocycles. The Morgan fingerprint density at radius 3 is 2.85 bits per heavy atom. The first-order valence-electron chi connectivity index (χ1n) is 8.00. The highest BCUT2D eigenvalue weighted by Crippen LogP contribution is 2.27. The Morgan fingerprint density at radius 1 is 1.20 bits per heavy atom. The van der Waals surface area contributed by atoms with Crippen molar-refractivity contribution in [2.45, 2.75) is 50.2 Å². The number of fused-ring (bicyclic) bond motifs is 1. The highest BCUT2D eigenvalue weighted by atomic mass is 16.3. The fourth-order valence-electron chi connectivity index (χ4n) is 3.78. The van der Waals surface area contributed by atoms with Gasteiger partial charge in [0.2, 0.25) is 0 Å². The van der Waals surface area contributed by atoms with E-state index in [2.05, 4.69) is 34.5 Å². The zero-order valence-electron chi connectivity index (χ0n) is 12.2. The van der Waals surface area contributed by atoms with Gasteiger partial charge in [-0.3, -0.25) is 0 Å². The maximum atomic E-state index is 9.63. The first-order valence-corrected chi connectivity index (χ1v) is 8.00. The van der Waals surface area contributed by atoms with Crippen LogP contribution in [0, 0.1) is 0 Å². The van der Waals surface area contributed by atoms with Gasteiger partial charge in [0.25, 0.3) is 0 Å². The van der Waals surface area contributed by atoms with Crippen LogP contribution in [0.3, 0.4) is 0 Å². The number of nitrogens with zero attached hydrogens (tertiary/aromatic N) is 1. The molecule has 0 aliphatic carbocycles. The van der Waals surface area contributed by atoms with E-state index in [4.69, 9.17) is 0 Å². The monoisotopic (exact) mass is 274 g/mol. The third-order valence-corrected chi connectivity index (χ3v) is 4.84. The van der Waals surface area contributed by atoms with Gasteiger partial charge in [-0.15, -0.1) is 0 Å². The van der Waals surface area contributed by atoms with Gasteiger partial charge in [-0.2, -0.15) is 0 Å². The molecule has 3 nitrogen and oxygen atoms in total. The van der Waals surface area contributed by atoms with E-state index in [-0.39, 0.29) is 12.6 Å². The second-order valence-corrected chi connectivity index (χ2v) is 6.29. The zero-order chi connectivity index (χ0) is 13.8. The van der Waals surface area contributed by atoms with Crippen LogP contribution >= 0.6 is 0 Å². The van der Waals surface area contributed by atoms with Crippen molar-refractivity contribution in [2.24, 2.45) is 0 Å². The Balaban J connectivity index is 1.52. The SMILES string of the molecule is OC[C@@H](Cc1ccccc1)NC1CCN2CCCC2C1. The molecule has 3 rings (SSSR count). The van der Waals surface area contributed by atoms with E-state index in [1.54, 1.807) is 0 Å². The summed E-state index contributed by atoms with van der Waals surface area (Å²) < 4.78 is 0. The average molecular weight is 274 g/mol. The summed E-state index contributed by atoms with van der Waals surface area (Å²) in [4.78, 5) is 2.64. The van der Waals surface area contributed by atoms with Crippen LogP contribution in [-0.4, -0.2) is 47.8 Å². The molecular weight excluding hydrogens is 248 g/mol. The molecule has 2 unspecified atom stereocenters. The van der Waals surface area contributed by atoms with Crippen molar-refractivity contribution >= 4 is 0 Å². The number of nitrogens with one attached hydrogen (secondary N) is 1. The molecule has 110 valence electrons. The quantitative estimate of drug-likeness (QED) is 0.859. The van der Waals surface area contributed by atoms with Gasteiger partial charge >= 0.3 is 0 Å². The summed E-state index contributed by atoms with van der Waals surface area (Å²) >= 11 is 0. The highest BCUT2D eigenvalue weighted by molar-refractivity contribution is 5.16. The molecular formula is C17H26N2O. The minimum absolute atomic E-state index is 0.190. The van der Waals surface area contributed by atoms with E-state index >= 15 is 0 Å². The van der Waals surface area contributed by atoms with E-state index in [1.807, 2.05) is 6.07 Å². The van der Waals surface area contributed by atoms with Crippen molar-refractivity contribution in [3.05, 3.63) is 35.9 Å². The number of piperidine rings is 1. The summed E-state index contributed by atoms with van der Waals surface area (Å²) in [6.45, 7) is 2.75. The fourth-order valence-corrected chi connectivity index (χ4v) is 3.78. The molecule has 2 saturated heterocycles. The molecule has 0 bridgehead atoms. The molecule has 0 radical (unpaired) electrons. The average Bonchev–Trinajstić information content (AvgIpc) is 2.95. The molecule has 2 fully saturated rings. The molecule has 0 saturated carbocycles. The van der Waals surface area contributed by atoms with Gasteiger partial charge in [0.1, 0.15) is 0 Å². The number of hydrogen-bond acceptors (Lipinski definition) is 3. The van der Waals surface area contributed by atoms with Gasteiger partial charge in [-0.05, 0) is 50.8 Å². The van der Waals surface area contributed by atoms with Crippen LogP contribution in [0.5, 0.6) is 0 Å². The Morgan fingerprint density at radius 2 is 2.05 bits per heavy atom. The minimum atomic E-state index is 0.190. The van der Waals surface area contributed by atoms with Crippen LogP contribution in [0.25, 0.3) is 0 Å². The fraction of sp³-hybridized carbons (Fsp3) is 0.647. The van der Waals surface area contributed by atoms with Crippen LogP contribution < -0.4 is 5.32 Å². The maximum Gasteiger partial charge on any atom is 0.0587 e. The van der Waals surface area contributed by atoms with Crippen molar-refractivity contribution in [1.29, 1.82) is 0 Å². The number of rotatable bonds is 5. The van der Waals surface area contributed by atoms with Gasteiger partial charge in [0, 0.05) is 18.1 Å². The molecule has 2 heterocycles. The van der Waals surface area contributed by atoms with E-state index in [9.17, 15) is 5.11 Å². The van der Waals surface area contributed by atoms with Crippen molar-refractivity contribution in [3.8, 4) is 0 Å². The second kappa shape index (κ2) is 6.70. The summed E-state index contributed by atoms with van der Waals surface area (Å²) in [5, 5.41) is 13.3. The molecule has 2 N–H and O–H groups in total. The summed E-state index contributed by atoms with van der Waals surface area (Å²) in [5.41, 5.74) is 1.30. The lowest BCUT2D eigenvalue weighted by molar-refractivity contribution is 0.148. The molecule has 3 atom stereocenters. The summed E-state index contributed by atoms with van der Waals surface area (Å²) in [5.74, 6) is 0. The molecule has 2 aliphatic rings. The van der Waals surface area contributed by atoms with Crippen LogP contribution in [0.4, 0.5) is 0 Å². The van der Waals surface area contributed by atoms with Crippen molar-refractivity contribution in [2.75, 3.05) is 19.7 Å². The molecule has 1 aromatic carbocycles. The van der Waals surface area contributed by atoms with Crippen molar-refractivity contribution in [3.63, 3.8) is 0 Å². The number of hydrogen-bond donors (Lipinski definition) is 2. The minimum Gasteiger partial charge on any atom is -0.395 e. The van der Waals surface area contributed by atoms with Gasteiger partial charge in [0.15, 0.2) is 0 Å². The molecule has 20 heavy (non-hydrogen) atoms. The van der Waals surface area contributed by atoms with Crippen LogP contribution in [0.15, 0.2) is 30.3 Å². The van der Waals surface area contributed by atoms with Crippen LogP contribution in [0.2, 0.25) is 0 Å². The van der Waals surface area contributed by atoms with Crippen molar-refractivity contribution in [1.82, 2.24) is 10.2 Å². The van der Waals surface area contributed by atoms with Gasteiger partial charge in [-0.1, -0.05) is 30.3 Å². The molecule has 2 aliphatic heterocycles. The Bertz CT molecular complexity index is 409. The summed E-state index contributed by atoms with van der Waals surface area (Å²) in [6.07, 6.45) is 6.13. The third kappa shape index (κ3) is 3.40. The lowest BCUT2D eigenvalue weighted by atomic mass is 9.96. The normalized spacial score (nSPS) is 28.2. The van der Waals surface area contributed by atoms with E-state index < -0.39 is 0 Å². The third-order valence-electron chi connectivity index (χ3n) is 4.84. The lowest BCUT2D eigenvalue weighted by Crippen LogP contribution is -2.50. The molecule has 1 aromatic rings. The first kappa shape index (κ1) is 14.1. The first-order chi connectivity index (χ1) is 9.85. The molecule has 0 amide bonds. The van der Waals surface area contributed by atoms with Crippen LogP contribution in [-0.2, 0) is 6.42 Å². The van der Waals surface area contributed by atoms with Gasteiger partial charge in [-0.25, -0.2) is 0 Å². The van der Waals surface area contributed by atoms with E-state index in [0.29, 0.717) is 6.04 Å². The number of aliphatic hydroxyl groups is 1. The largest absolute Gasteiger partial charge is 0.395 e.